The number of carbonyl (C=O) groups is 1. The van der Waals surface area contributed by atoms with Crippen molar-refractivity contribution in [2.75, 3.05) is 19.5 Å². The number of hydrogen-bond donors (Lipinski definition) is 1. The number of amides is 1. The van der Waals surface area contributed by atoms with Crippen LogP contribution in [0, 0.1) is 6.92 Å². The Labute approximate surface area is 157 Å². The van der Waals surface area contributed by atoms with E-state index in [0.29, 0.717) is 22.7 Å². The molecule has 3 rings (SSSR count). The number of methoxy groups -OCH3 is 2. The van der Waals surface area contributed by atoms with Gasteiger partial charge in [0, 0.05) is 18.5 Å². The standard InChI is InChI=1S/C19H20N2O5S/c1-12-11-21(18-7-5-14(25-3)9-16(12)18)27(23,24)15-6-8-19(26-4)17(10-15)20-13(2)22/h5-11H,1-4H3,(H,20,22). The Balaban J connectivity index is 2.17. The first kappa shape index (κ1) is 18.8. The van der Waals surface area contributed by atoms with Gasteiger partial charge in [0.2, 0.25) is 5.91 Å². The summed E-state index contributed by atoms with van der Waals surface area (Å²) in [6.07, 6.45) is 1.57. The molecule has 1 aromatic heterocycles. The predicted molar refractivity (Wildman–Crippen MR) is 103 cm³/mol. The molecule has 0 spiro atoms. The largest absolute Gasteiger partial charge is 0.497 e. The molecule has 0 saturated heterocycles. The number of hydrogen-bond acceptors (Lipinski definition) is 5. The zero-order valence-electron chi connectivity index (χ0n) is 15.4. The highest BCUT2D eigenvalue weighted by molar-refractivity contribution is 7.90. The second kappa shape index (κ2) is 6.96. The van der Waals surface area contributed by atoms with Crippen molar-refractivity contribution < 1.29 is 22.7 Å². The Kier molecular flexibility index (Phi) is 4.84. The molecule has 0 aliphatic rings. The van der Waals surface area contributed by atoms with E-state index in [1.807, 2.05) is 6.92 Å². The normalized spacial score (nSPS) is 11.4. The van der Waals surface area contributed by atoms with E-state index in [4.69, 9.17) is 9.47 Å². The van der Waals surface area contributed by atoms with Gasteiger partial charge in [-0.3, -0.25) is 4.79 Å². The number of anilines is 1. The molecule has 3 aromatic rings. The zero-order chi connectivity index (χ0) is 19.8. The van der Waals surface area contributed by atoms with Gasteiger partial charge in [0.25, 0.3) is 10.0 Å². The monoisotopic (exact) mass is 388 g/mol. The molecule has 0 bridgehead atoms. The third-order valence-electron chi connectivity index (χ3n) is 4.22. The van der Waals surface area contributed by atoms with Gasteiger partial charge in [-0.15, -0.1) is 0 Å². The van der Waals surface area contributed by atoms with Crippen molar-refractivity contribution in [3.05, 3.63) is 48.2 Å². The Morgan fingerprint density at radius 1 is 1.07 bits per heavy atom. The summed E-state index contributed by atoms with van der Waals surface area (Å²) in [5.74, 6) is 0.706. The van der Waals surface area contributed by atoms with Gasteiger partial charge in [-0.05, 0) is 48.9 Å². The van der Waals surface area contributed by atoms with E-state index in [1.165, 1.54) is 36.2 Å². The molecule has 0 unspecified atom stereocenters. The van der Waals surface area contributed by atoms with Crippen LogP contribution < -0.4 is 14.8 Å². The molecular formula is C19H20N2O5S. The van der Waals surface area contributed by atoms with Crippen molar-refractivity contribution in [1.29, 1.82) is 0 Å². The van der Waals surface area contributed by atoms with Gasteiger partial charge in [-0.1, -0.05) is 0 Å². The van der Waals surface area contributed by atoms with Crippen LogP contribution in [0.15, 0.2) is 47.5 Å². The molecule has 142 valence electrons. The van der Waals surface area contributed by atoms with Crippen molar-refractivity contribution in [3.8, 4) is 11.5 Å². The van der Waals surface area contributed by atoms with Crippen molar-refractivity contribution in [2.45, 2.75) is 18.7 Å². The number of rotatable bonds is 5. The molecule has 1 heterocycles. The molecule has 0 atom stereocenters. The van der Waals surface area contributed by atoms with Crippen molar-refractivity contribution in [3.63, 3.8) is 0 Å². The summed E-state index contributed by atoms with van der Waals surface area (Å²) in [5, 5.41) is 3.38. The number of benzene rings is 2. The molecule has 1 amide bonds. The molecule has 0 saturated carbocycles. The van der Waals surface area contributed by atoms with Crippen LogP contribution in [0.25, 0.3) is 10.9 Å². The molecule has 2 aromatic carbocycles. The van der Waals surface area contributed by atoms with Crippen molar-refractivity contribution in [1.82, 2.24) is 3.97 Å². The molecule has 7 nitrogen and oxygen atoms in total. The second-order valence-electron chi connectivity index (χ2n) is 6.04. The van der Waals surface area contributed by atoms with Crippen LogP contribution >= 0.6 is 0 Å². The van der Waals surface area contributed by atoms with E-state index in [1.54, 1.807) is 31.5 Å². The average Bonchev–Trinajstić information content (AvgIpc) is 2.98. The Morgan fingerprint density at radius 2 is 1.81 bits per heavy atom. The first-order valence-electron chi connectivity index (χ1n) is 8.15. The van der Waals surface area contributed by atoms with Gasteiger partial charge in [0.15, 0.2) is 0 Å². The van der Waals surface area contributed by atoms with Crippen LogP contribution in [0.3, 0.4) is 0 Å². The highest BCUT2D eigenvalue weighted by Gasteiger charge is 2.22. The fourth-order valence-electron chi connectivity index (χ4n) is 2.91. The lowest BCUT2D eigenvalue weighted by atomic mass is 10.2. The third-order valence-corrected chi connectivity index (χ3v) is 5.89. The van der Waals surface area contributed by atoms with Gasteiger partial charge in [0.1, 0.15) is 11.5 Å². The lowest BCUT2D eigenvalue weighted by Crippen LogP contribution is -2.13. The minimum absolute atomic E-state index is 0.0415. The highest BCUT2D eigenvalue weighted by atomic mass is 32.2. The molecule has 1 N–H and O–H groups in total. The van der Waals surface area contributed by atoms with Crippen LogP contribution in [0.5, 0.6) is 11.5 Å². The van der Waals surface area contributed by atoms with Gasteiger partial charge in [-0.2, -0.15) is 0 Å². The van der Waals surface area contributed by atoms with Crippen molar-refractivity contribution in [2.24, 2.45) is 0 Å². The van der Waals surface area contributed by atoms with E-state index >= 15 is 0 Å². The lowest BCUT2D eigenvalue weighted by Gasteiger charge is -2.13. The Hall–Kier alpha value is -3.00. The van der Waals surface area contributed by atoms with Crippen LogP contribution in [0.2, 0.25) is 0 Å². The highest BCUT2D eigenvalue weighted by Crippen LogP contribution is 2.32. The average molecular weight is 388 g/mol. The summed E-state index contributed by atoms with van der Waals surface area (Å²) >= 11 is 0. The number of aromatic nitrogens is 1. The number of nitrogens with zero attached hydrogens (tertiary/aromatic N) is 1. The minimum atomic E-state index is -3.88. The molecule has 8 heteroatoms. The number of carbonyl (C=O) groups excluding carboxylic acids is 1. The first-order chi connectivity index (χ1) is 12.8. The number of ether oxygens (including phenoxy) is 2. The summed E-state index contributed by atoms with van der Waals surface area (Å²) < 4.78 is 38.1. The summed E-state index contributed by atoms with van der Waals surface area (Å²) in [5.41, 5.74) is 1.65. The number of fused-ring (bicyclic) bond motifs is 1. The van der Waals surface area contributed by atoms with Crippen molar-refractivity contribution >= 4 is 32.5 Å². The smallest absolute Gasteiger partial charge is 0.268 e. The maximum atomic E-state index is 13.2. The van der Waals surface area contributed by atoms with E-state index < -0.39 is 10.0 Å². The van der Waals surface area contributed by atoms with Crippen LogP contribution in [-0.2, 0) is 14.8 Å². The molecule has 0 fully saturated rings. The number of nitrogens with one attached hydrogen (secondary N) is 1. The van der Waals surface area contributed by atoms with Crippen LogP contribution in [0.4, 0.5) is 5.69 Å². The maximum absolute atomic E-state index is 13.2. The quantitative estimate of drug-likeness (QED) is 0.725. The third kappa shape index (κ3) is 3.35. The first-order valence-corrected chi connectivity index (χ1v) is 9.59. The van der Waals surface area contributed by atoms with Gasteiger partial charge in [-0.25, -0.2) is 12.4 Å². The molecular weight excluding hydrogens is 368 g/mol. The minimum Gasteiger partial charge on any atom is -0.497 e. The van der Waals surface area contributed by atoms with Gasteiger partial charge < -0.3 is 14.8 Å². The molecule has 0 aliphatic heterocycles. The van der Waals surface area contributed by atoms with E-state index in [-0.39, 0.29) is 10.8 Å². The van der Waals surface area contributed by atoms with Crippen LogP contribution in [0.1, 0.15) is 12.5 Å². The summed E-state index contributed by atoms with van der Waals surface area (Å²) in [7, 11) is -0.869. The SMILES string of the molecule is COc1ccc2c(c1)c(C)cn2S(=O)(=O)c1ccc(OC)c(NC(C)=O)c1. The summed E-state index contributed by atoms with van der Waals surface area (Å²) in [4.78, 5) is 11.5. The Morgan fingerprint density at radius 3 is 2.44 bits per heavy atom. The zero-order valence-corrected chi connectivity index (χ0v) is 16.3. The fraction of sp³-hybridized carbons (Fsp3) is 0.211. The summed E-state index contributed by atoms with van der Waals surface area (Å²) in [6, 6.07) is 9.57. The van der Waals surface area contributed by atoms with Crippen LogP contribution in [-0.4, -0.2) is 32.5 Å². The lowest BCUT2D eigenvalue weighted by molar-refractivity contribution is -0.114. The van der Waals surface area contributed by atoms with Gasteiger partial charge in [0.05, 0.1) is 30.3 Å². The second-order valence-corrected chi connectivity index (χ2v) is 7.85. The predicted octanol–water partition coefficient (Wildman–Crippen LogP) is 3.16. The Bertz CT molecular complexity index is 1130. The summed E-state index contributed by atoms with van der Waals surface area (Å²) in [6.45, 7) is 3.18. The molecule has 0 aliphatic carbocycles. The van der Waals surface area contributed by atoms with E-state index in [9.17, 15) is 13.2 Å². The molecule has 27 heavy (non-hydrogen) atoms. The van der Waals surface area contributed by atoms with E-state index in [2.05, 4.69) is 5.32 Å². The van der Waals surface area contributed by atoms with E-state index in [0.717, 1.165) is 10.9 Å². The maximum Gasteiger partial charge on any atom is 0.268 e. The van der Waals surface area contributed by atoms with Gasteiger partial charge >= 0.3 is 0 Å². The number of aryl methyl sites for hydroxylation is 1. The molecule has 0 radical (unpaired) electrons. The fourth-order valence-corrected chi connectivity index (χ4v) is 4.36. The topological polar surface area (TPSA) is 86.6 Å².